The zero-order valence-corrected chi connectivity index (χ0v) is 9.08. The summed E-state index contributed by atoms with van der Waals surface area (Å²) in [5.74, 6) is 0. The molecule has 86 valence electrons. The molecule has 0 aromatic carbocycles. The maximum absolute atomic E-state index is 5.42. The number of nitrogens with one attached hydrogen (secondary N) is 2. The smallest absolute Gasteiger partial charge is 0.0733 e. The monoisotopic (exact) mass is 206 g/mol. The summed E-state index contributed by atoms with van der Waals surface area (Å²) in [7, 11) is 3.39. The van der Waals surface area contributed by atoms with Crippen LogP contribution in [-0.2, 0) is 9.88 Å². The summed E-state index contributed by atoms with van der Waals surface area (Å²) in [4.78, 5) is 9.10. The molecular formula is C8H22N4O2. The molecule has 4 N–H and O–H groups in total. The molecule has 0 saturated carbocycles. The maximum atomic E-state index is 5.42. The average Bonchev–Trinajstić information content (AvgIpc) is 2.21. The molecule has 0 heterocycles. The van der Waals surface area contributed by atoms with E-state index in [9.17, 15) is 0 Å². The van der Waals surface area contributed by atoms with Gasteiger partial charge in [0.25, 0.3) is 0 Å². The van der Waals surface area contributed by atoms with E-state index in [0.29, 0.717) is 6.54 Å². The fourth-order valence-electron chi connectivity index (χ4n) is 1.02. The normalized spacial score (nSPS) is 11.1. The summed E-state index contributed by atoms with van der Waals surface area (Å²) in [6.07, 6.45) is 1.97. The second-order valence-corrected chi connectivity index (χ2v) is 2.93. The highest BCUT2D eigenvalue weighted by Crippen LogP contribution is 1.89. The van der Waals surface area contributed by atoms with Crippen LogP contribution in [0.2, 0.25) is 0 Å². The van der Waals surface area contributed by atoms with Gasteiger partial charge in [-0.05, 0) is 33.0 Å². The van der Waals surface area contributed by atoms with Crippen molar-refractivity contribution in [2.24, 2.45) is 5.73 Å². The lowest BCUT2D eigenvalue weighted by Crippen LogP contribution is -2.40. The summed E-state index contributed by atoms with van der Waals surface area (Å²) in [5.41, 5.74) is 8.11. The van der Waals surface area contributed by atoms with E-state index >= 15 is 0 Å². The van der Waals surface area contributed by atoms with Gasteiger partial charge in [-0.15, -0.1) is 10.6 Å². The predicted octanol–water partition coefficient (Wildman–Crippen LogP) is -0.756. The van der Waals surface area contributed by atoms with E-state index < -0.39 is 0 Å². The van der Waals surface area contributed by atoms with E-state index in [1.54, 1.807) is 0 Å². The molecule has 0 bridgehead atoms. The third-order valence-corrected chi connectivity index (χ3v) is 1.74. The van der Waals surface area contributed by atoms with Crippen LogP contribution in [0.3, 0.4) is 0 Å². The van der Waals surface area contributed by atoms with Crippen molar-refractivity contribution in [3.05, 3.63) is 0 Å². The average molecular weight is 206 g/mol. The molecule has 0 aromatic heterocycles. The minimum Gasteiger partial charge on any atom is -0.330 e. The molecular weight excluding hydrogens is 184 g/mol. The van der Waals surface area contributed by atoms with Crippen molar-refractivity contribution in [1.29, 1.82) is 0 Å². The first-order valence-electron chi connectivity index (χ1n) is 4.90. The molecule has 0 radical (unpaired) electrons. The van der Waals surface area contributed by atoms with Crippen LogP contribution in [0.15, 0.2) is 0 Å². The molecule has 6 nitrogen and oxygen atoms in total. The molecule has 6 heteroatoms. The predicted molar refractivity (Wildman–Crippen MR) is 55.0 cm³/mol. The van der Waals surface area contributed by atoms with Gasteiger partial charge in [-0.2, -0.15) is 0 Å². The van der Waals surface area contributed by atoms with Crippen molar-refractivity contribution in [3.63, 3.8) is 0 Å². The number of hydrogen-bond acceptors (Lipinski definition) is 6. The first-order valence-corrected chi connectivity index (χ1v) is 4.90. The van der Waals surface area contributed by atoms with Crippen LogP contribution >= 0.6 is 0 Å². The van der Waals surface area contributed by atoms with Crippen molar-refractivity contribution in [2.75, 3.05) is 40.3 Å². The van der Waals surface area contributed by atoms with Gasteiger partial charge < -0.3 is 11.1 Å². The largest absolute Gasteiger partial charge is 0.330 e. The van der Waals surface area contributed by atoms with Crippen LogP contribution in [-0.4, -0.2) is 45.3 Å². The van der Waals surface area contributed by atoms with Crippen LogP contribution < -0.4 is 16.6 Å². The zero-order valence-electron chi connectivity index (χ0n) is 9.08. The standard InChI is InChI=1S/C8H22N4O2/c1-10-6-4-8-12(7-3-5-9)11-14-13-2/h10-11H,3-9H2,1-2H3. The lowest BCUT2D eigenvalue weighted by atomic mass is 10.3. The molecule has 0 aliphatic carbocycles. The molecule has 14 heavy (non-hydrogen) atoms. The molecule has 0 rings (SSSR count). The van der Waals surface area contributed by atoms with Gasteiger partial charge in [0.1, 0.15) is 0 Å². The van der Waals surface area contributed by atoms with E-state index in [-0.39, 0.29) is 0 Å². The second kappa shape index (κ2) is 10.8. The molecule has 0 aliphatic rings. The molecule has 0 aliphatic heterocycles. The number of hydrazine groups is 1. The van der Waals surface area contributed by atoms with Crippen LogP contribution in [0, 0.1) is 0 Å². The fraction of sp³-hybridized carbons (Fsp3) is 1.00. The number of nitrogens with two attached hydrogens (primary N) is 1. The fourth-order valence-corrected chi connectivity index (χ4v) is 1.02. The molecule has 0 saturated heterocycles. The van der Waals surface area contributed by atoms with Gasteiger partial charge in [0, 0.05) is 13.1 Å². The summed E-state index contributed by atoms with van der Waals surface area (Å²) < 4.78 is 0. The Hall–Kier alpha value is -0.240. The molecule has 0 atom stereocenters. The van der Waals surface area contributed by atoms with Crippen molar-refractivity contribution in [1.82, 2.24) is 15.9 Å². The third-order valence-electron chi connectivity index (χ3n) is 1.74. The van der Waals surface area contributed by atoms with E-state index in [0.717, 1.165) is 32.5 Å². The first kappa shape index (κ1) is 13.8. The van der Waals surface area contributed by atoms with Crippen molar-refractivity contribution in [2.45, 2.75) is 12.8 Å². The lowest BCUT2D eigenvalue weighted by molar-refractivity contribution is -0.353. The van der Waals surface area contributed by atoms with Crippen LogP contribution in [0.4, 0.5) is 0 Å². The van der Waals surface area contributed by atoms with E-state index in [1.165, 1.54) is 7.11 Å². The van der Waals surface area contributed by atoms with Crippen molar-refractivity contribution >= 4 is 0 Å². The Bertz CT molecular complexity index is 108. The summed E-state index contributed by atoms with van der Waals surface area (Å²) in [6.45, 7) is 3.40. The van der Waals surface area contributed by atoms with Crippen LogP contribution in [0.5, 0.6) is 0 Å². The second-order valence-electron chi connectivity index (χ2n) is 2.93. The van der Waals surface area contributed by atoms with Gasteiger partial charge in [0.2, 0.25) is 0 Å². The highest BCUT2D eigenvalue weighted by Gasteiger charge is 2.02. The van der Waals surface area contributed by atoms with Gasteiger partial charge in [0.05, 0.1) is 7.11 Å². The highest BCUT2D eigenvalue weighted by molar-refractivity contribution is 4.51. The van der Waals surface area contributed by atoms with E-state index in [2.05, 4.69) is 20.8 Å². The van der Waals surface area contributed by atoms with Gasteiger partial charge in [0.15, 0.2) is 0 Å². The Labute approximate surface area is 85.6 Å². The topological polar surface area (TPSA) is 71.8 Å². The Morgan fingerprint density at radius 1 is 1.29 bits per heavy atom. The molecule has 0 fully saturated rings. The minimum atomic E-state index is 0.678. The van der Waals surface area contributed by atoms with E-state index in [1.807, 2.05) is 12.1 Å². The Morgan fingerprint density at radius 3 is 2.57 bits per heavy atom. The van der Waals surface area contributed by atoms with Gasteiger partial charge in [-0.25, -0.2) is 9.90 Å². The SMILES string of the molecule is CNCCCN(CCCN)NOOC. The highest BCUT2D eigenvalue weighted by atomic mass is 17.3. The van der Waals surface area contributed by atoms with Gasteiger partial charge >= 0.3 is 0 Å². The summed E-state index contributed by atoms with van der Waals surface area (Å²) in [5, 5.41) is 5.02. The minimum absolute atomic E-state index is 0.678. The quantitative estimate of drug-likeness (QED) is 0.248. The zero-order chi connectivity index (χ0) is 10.6. The van der Waals surface area contributed by atoms with Crippen molar-refractivity contribution in [3.8, 4) is 0 Å². The van der Waals surface area contributed by atoms with Crippen LogP contribution in [0.1, 0.15) is 12.8 Å². The Kier molecular flexibility index (Phi) is 10.7. The number of nitrogens with zero attached hydrogens (tertiary/aromatic N) is 1. The maximum Gasteiger partial charge on any atom is 0.0733 e. The van der Waals surface area contributed by atoms with Crippen LogP contribution in [0.25, 0.3) is 0 Å². The van der Waals surface area contributed by atoms with E-state index in [4.69, 9.17) is 5.73 Å². The Morgan fingerprint density at radius 2 is 2.00 bits per heavy atom. The summed E-state index contributed by atoms with van der Waals surface area (Å²) in [6, 6.07) is 0. The summed E-state index contributed by atoms with van der Waals surface area (Å²) >= 11 is 0. The Balaban J connectivity index is 3.49. The first-order chi connectivity index (χ1) is 6.85. The number of rotatable bonds is 10. The lowest BCUT2D eigenvalue weighted by Gasteiger charge is -2.20. The number of hydrogen-bond donors (Lipinski definition) is 3. The molecule has 0 unspecified atom stereocenters. The van der Waals surface area contributed by atoms with Crippen molar-refractivity contribution < 1.29 is 9.88 Å². The third kappa shape index (κ3) is 8.36. The molecule has 0 amide bonds. The van der Waals surface area contributed by atoms with Gasteiger partial charge in [-0.3, -0.25) is 0 Å². The van der Waals surface area contributed by atoms with Gasteiger partial charge in [-0.1, -0.05) is 0 Å². The molecule has 0 spiro atoms. The molecule has 0 aromatic rings.